The second-order valence-corrected chi connectivity index (χ2v) is 9.37. The molecule has 0 atom stereocenters. The van der Waals surface area contributed by atoms with E-state index in [1.165, 1.54) is 17.0 Å². The summed E-state index contributed by atoms with van der Waals surface area (Å²) in [6.45, 7) is 0.275. The van der Waals surface area contributed by atoms with Crippen LogP contribution in [0.1, 0.15) is 26.4 Å². The van der Waals surface area contributed by atoms with Gasteiger partial charge in [0.2, 0.25) is 0 Å². The molecule has 188 valence electrons. The smallest absolute Gasteiger partial charge is 0.445 e. The van der Waals surface area contributed by atoms with Gasteiger partial charge in [0.1, 0.15) is 11.6 Å². The Hall–Kier alpha value is -3.57. The van der Waals surface area contributed by atoms with Crippen LogP contribution in [0.5, 0.6) is 0 Å². The number of hydrogen-bond donors (Lipinski definition) is 2. The van der Waals surface area contributed by atoms with Gasteiger partial charge in [0.15, 0.2) is 0 Å². The average Bonchev–Trinajstić information content (AvgIpc) is 3.21. The summed E-state index contributed by atoms with van der Waals surface area (Å²) in [7, 11) is 0. The van der Waals surface area contributed by atoms with Crippen molar-refractivity contribution in [3.63, 3.8) is 0 Å². The molecule has 4 rings (SSSR count). The molecule has 1 aliphatic heterocycles. The quantitative estimate of drug-likeness (QED) is 0.427. The summed E-state index contributed by atoms with van der Waals surface area (Å²) in [6, 6.07) is 15.3. The monoisotopic (exact) mass is 537 g/mol. The molecule has 2 N–H and O–H groups in total. The number of hydrogen-bond acceptors (Lipinski definition) is 5. The normalized spacial score (nSPS) is 13.1. The highest BCUT2D eigenvalue weighted by atomic mass is 35.5. The van der Waals surface area contributed by atoms with Crippen molar-refractivity contribution < 1.29 is 32.3 Å². The predicted molar refractivity (Wildman–Crippen MR) is 129 cm³/mol. The van der Waals surface area contributed by atoms with Gasteiger partial charge in [-0.1, -0.05) is 41.9 Å². The molecule has 12 heteroatoms. The van der Waals surface area contributed by atoms with Crippen LogP contribution in [-0.4, -0.2) is 35.5 Å². The molecular weight excluding hydrogens is 519 g/mol. The van der Waals surface area contributed by atoms with Gasteiger partial charge in [-0.25, -0.2) is 4.79 Å². The number of nitrogens with one attached hydrogen (secondary N) is 2. The molecule has 0 saturated heterocycles. The summed E-state index contributed by atoms with van der Waals surface area (Å²) in [5.74, 6) is -2.88. The second-order valence-electron chi connectivity index (χ2n) is 7.83. The third-order valence-electron chi connectivity index (χ3n) is 5.33. The van der Waals surface area contributed by atoms with Crippen LogP contribution in [0.4, 0.5) is 28.7 Å². The fourth-order valence-corrected chi connectivity index (χ4v) is 4.98. The lowest BCUT2D eigenvalue weighted by molar-refractivity contribution is -0.167. The minimum atomic E-state index is -5.14. The number of carbonyl (C=O) groups is 3. The second kappa shape index (κ2) is 10.6. The highest BCUT2D eigenvalue weighted by Gasteiger charge is 2.40. The number of nitrogens with zero attached hydrogens (tertiary/aromatic N) is 1. The van der Waals surface area contributed by atoms with Crippen molar-refractivity contribution >= 4 is 51.5 Å². The summed E-state index contributed by atoms with van der Waals surface area (Å²) >= 11 is 6.68. The topological polar surface area (TPSA) is 87.7 Å². The van der Waals surface area contributed by atoms with E-state index in [1.807, 2.05) is 35.6 Å². The lowest BCUT2D eigenvalue weighted by Gasteiger charge is -2.26. The Labute approximate surface area is 212 Å². The van der Waals surface area contributed by atoms with Crippen LogP contribution in [-0.2, 0) is 29.1 Å². The van der Waals surface area contributed by atoms with Gasteiger partial charge in [-0.15, -0.1) is 11.3 Å². The molecule has 0 aliphatic carbocycles. The maximum absolute atomic E-state index is 13.1. The maximum atomic E-state index is 13.1. The van der Waals surface area contributed by atoms with Crippen LogP contribution in [0.2, 0.25) is 5.02 Å². The molecule has 2 aromatic carbocycles. The number of benzene rings is 2. The number of rotatable bonds is 5. The van der Waals surface area contributed by atoms with Crippen LogP contribution in [0.3, 0.4) is 0 Å². The number of anilines is 2. The Morgan fingerprint density at radius 2 is 1.72 bits per heavy atom. The van der Waals surface area contributed by atoms with E-state index >= 15 is 0 Å². The van der Waals surface area contributed by atoms with Crippen molar-refractivity contribution in [3.8, 4) is 0 Å². The Morgan fingerprint density at radius 3 is 2.39 bits per heavy atom. The predicted octanol–water partition coefficient (Wildman–Crippen LogP) is 5.85. The van der Waals surface area contributed by atoms with Crippen LogP contribution >= 0.6 is 22.9 Å². The zero-order valence-electron chi connectivity index (χ0n) is 18.5. The van der Waals surface area contributed by atoms with Crippen LogP contribution in [0.15, 0.2) is 54.6 Å². The van der Waals surface area contributed by atoms with Crippen LogP contribution < -0.4 is 10.6 Å². The molecule has 0 unspecified atom stereocenters. The first-order valence-electron chi connectivity index (χ1n) is 10.7. The first kappa shape index (κ1) is 25.5. The van der Waals surface area contributed by atoms with Gasteiger partial charge in [-0.3, -0.25) is 9.59 Å². The molecule has 0 spiro atoms. The molecule has 0 radical (unpaired) electrons. The third kappa shape index (κ3) is 5.97. The van der Waals surface area contributed by atoms with E-state index in [0.717, 1.165) is 16.9 Å². The first-order chi connectivity index (χ1) is 17.1. The summed E-state index contributed by atoms with van der Waals surface area (Å²) < 4.78 is 44.2. The molecule has 7 nitrogen and oxygen atoms in total. The van der Waals surface area contributed by atoms with Crippen molar-refractivity contribution in [2.75, 3.05) is 17.2 Å². The number of thiophene rings is 1. The van der Waals surface area contributed by atoms with Crippen molar-refractivity contribution in [2.45, 2.75) is 25.7 Å². The van der Waals surface area contributed by atoms with Crippen molar-refractivity contribution in [2.24, 2.45) is 0 Å². The average molecular weight is 538 g/mol. The summed E-state index contributed by atoms with van der Waals surface area (Å²) in [5.41, 5.74) is 1.58. The molecule has 3 amide bonds. The van der Waals surface area contributed by atoms with Gasteiger partial charge in [-0.05, 0) is 41.8 Å². The van der Waals surface area contributed by atoms with Gasteiger partial charge >= 0.3 is 18.2 Å². The molecule has 1 aromatic heterocycles. The Bertz CT molecular complexity index is 1280. The number of halogens is 4. The van der Waals surface area contributed by atoms with E-state index in [1.54, 1.807) is 12.1 Å². The fraction of sp³-hybridized carbons (Fsp3) is 0.208. The fourth-order valence-electron chi connectivity index (χ4n) is 3.60. The third-order valence-corrected chi connectivity index (χ3v) is 6.72. The largest absolute Gasteiger partial charge is 0.471 e. The molecular formula is C24H19ClF3N3O4S. The highest BCUT2D eigenvalue weighted by Crippen LogP contribution is 2.38. The van der Waals surface area contributed by atoms with Crippen molar-refractivity contribution in [1.29, 1.82) is 0 Å². The van der Waals surface area contributed by atoms with E-state index < -0.39 is 24.1 Å². The van der Waals surface area contributed by atoms with Crippen LogP contribution in [0.25, 0.3) is 0 Å². The zero-order valence-corrected chi connectivity index (χ0v) is 20.1. The standard InChI is InChI=1S/C24H19ClF3N3O4S/c25-15-6-8-16(9-7-15)29-20(32)19-17-10-11-31(23(34)35-13-14-4-2-1-3-5-14)12-18(17)36-21(19)30-22(33)24(26,27)28/h1-9H,10-13H2,(H,29,32)(H,30,33). The summed E-state index contributed by atoms with van der Waals surface area (Å²) in [4.78, 5) is 39.2. The SMILES string of the molecule is O=C(Nc1ccc(Cl)cc1)c1c(NC(=O)C(F)(F)F)sc2c1CCN(C(=O)OCc1ccccc1)C2. The minimum absolute atomic E-state index is 0.0245. The molecule has 3 aromatic rings. The number of carbonyl (C=O) groups excluding carboxylic acids is 3. The van der Waals surface area contributed by atoms with Crippen LogP contribution in [0, 0.1) is 0 Å². The van der Waals surface area contributed by atoms with Gasteiger partial charge in [0, 0.05) is 22.1 Å². The van der Waals surface area contributed by atoms with E-state index in [0.29, 0.717) is 21.2 Å². The molecule has 0 saturated carbocycles. The minimum Gasteiger partial charge on any atom is -0.445 e. The summed E-state index contributed by atoms with van der Waals surface area (Å²) in [6.07, 6.45) is -5.54. The Morgan fingerprint density at radius 1 is 1.03 bits per heavy atom. The van der Waals surface area contributed by atoms with E-state index in [4.69, 9.17) is 16.3 Å². The van der Waals surface area contributed by atoms with Gasteiger partial charge in [0.25, 0.3) is 5.91 Å². The maximum Gasteiger partial charge on any atom is 0.471 e. The first-order valence-corrected chi connectivity index (χ1v) is 11.9. The lowest BCUT2D eigenvalue weighted by atomic mass is 10.0. The zero-order chi connectivity index (χ0) is 25.9. The number of ether oxygens (including phenoxy) is 1. The number of fused-ring (bicyclic) bond motifs is 1. The molecule has 0 bridgehead atoms. The van der Waals surface area contributed by atoms with Crippen molar-refractivity contribution in [3.05, 3.63) is 81.2 Å². The summed E-state index contributed by atoms with van der Waals surface area (Å²) in [5, 5.41) is 4.63. The van der Waals surface area contributed by atoms with Gasteiger partial charge in [0.05, 0.1) is 12.1 Å². The number of amides is 3. The molecule has 2 heterocycles. The van der Waals surface area contributed by atoms with E-state index in [-0.39, 0.29) is 36.7 Å². The molecule has 1 aliphatic rings. The van der Waals surface area contributed by atoms with Gasteiger partial charge in [-0.2, -0.15) is 13.2 Å². The lowest BCUT2D eigenvalue weighted by Crippen LogP contribution is -2.36. The van der Waals surface area contributed by atoms with E-state index in [9.17, 15) is 27.6 Å². The van der Waals surface area contributed by atoms with E-state index in [2.05, 4.69) is 5.32 Å². The molecule has 0 fully saturated rings. The Kier molecular flexibility index (Phi) is 7.51. The van der Waals surface area contributed by atoms with Gasteiger partial charge < -0.3 is 20.3 Å². The highest BCUT2D eigenvalue weighted by molar-refractivity contribution is 7.17. The molecule has 36 heavy (non-hydrogen) atoms. The van der Waals surface area contributed by atoms with Crippen molar-refractivity contribution in [1.82, 2.24) is 4.90 Å². The Balaban J connectivity index is 1.56. The number of alkyl halides is 3.